The molecular formula is C15H21Cl2NO. The highest BCUT2D eigenvalue weighted by Crippen LogP contribution is 2.16. The van der Waals surface area contributed by atoms with E-state index in [1.165, 1.54) is 0 Å². The number of hydrogen-bond donors (Lipinski definition) is 1. The van der Waals surface area contributed by atoms with E-state index in [0.29, 0.717) is 28.9 Å². The minimum atomic E-state index is -0.0372. The van der Waals surface area contributed by atoms with E-state index in [0.717, 1.165) is 24.8 Å². The highest BCUT2D eigenvalue weighted by atomic mass is 35.5. The second-order valence-electron chi connectivity index (χ2n) is 4.80. The maximum absolute atomic E-state index is 12.1. The second-order valence-corrected chi connectivity index (χ2v) is 5.62. The van der Waals surface area contributed by atoms with Crippen LogP contribution in [0, 0.1) is 12.8 Å². The first kappa shape index (κ1) is 16.3. The third-order valence-electron chi connectivity index (χ3n) is 3.20. The number of benzene rings is 1. The standard InChI is InChI=1S/C15H21Cl2NO/c1-3-4-12(7-8-16)10-18-15(19)14-6-5-13(17)9-11(14)2/h5-6,9,12H,3-4,7-8,10H2,1-2H3,(H,18,19). The second kappa shape index (κ2) is 8.44. The fraction of sp³-hybridized carbons (Fsp3) is 0.533. The number of hydrogen-bond acceptors (Lipinski definition) is 1. The Morgan fingerprint density at radius 2 is 2.11 bits per heavy atom. The zero-order chi connectivity index (χ0) is 14.3. The van der Waals surface area contributed by atoms with Gasteiger partial charge in [-0.3, -0.25) is 4.79 Å². The van der Waals surface area contributed by atoms with Gasteiger partial charge in [-0.15, -0.1) is 11.6 Å². The van der Waals surface area contributed by atoms with E-state index in [1.54, 1.807) is 18.2 Å². The van der Waals surface area contributed by atoms with E-state index in [2.05, 4.69) is 12.2 Å². The van der Waals surface area contributed by atoms with Crippen LogP contribution in [-0.4, -0.2) is 18.3 Å². The van der Waals surface area contributed by atoms with Gasteiger partial charge in [-0.05, 0) is 49.4 Å². The number of carbonyl (C=O) groups is 1. The molecule has 1 rings (SSSR count). The van der Waals surface area contributed by atoms with Crippen LogP contribution < -0.4 is 5.32 Å². The summed E-state index contributed by atoms with van der Waals surface area (Å²) in [5.41, 5.74) is 1.58. The first-order chi connectivity index (χ1) is 9.08. The Kier molecular flexibility index (Phi) is 7.25. The summed E-state index contributed by atoms with van der Waals surface area (Å²) in [7, 11) is 0. The molecule has 19 heavy (non-hydrogen) atoms. The fourth-order valence-corrected chi connectivity index (χ4v) is 2.66. The van der Waals surface area contributed by atoms with Crippen molar-refractivity contribution >= 4 is 29.1 Å². The van der Waals surface area contributed by atoms with Crippen molar-refractivity contribution in [2.24, 2.45) is 5.92 Å². The lowest BCUT2D eigenvalue weighted by Crippen LogP contribution is -2.30. The van der Waals surface area contributed by atoms with E-state index in [9.17, 15) is 4.79 Å². The van der Waals surface area contributed by atoms with E-state index in [-0.39, 0.29) is 5.91 Å². The largest absolute Gasteiger partial charge is 0.352 e. The molecule has 0 radical (unpaired) electrons. The molecule has 0 saturated carbocycles. The molecule has 0 spiro atoms. The summed E-state index contributed by atoms with van der Waals surface area (Å²) in [6, 6.07) is 5.31. The van der Waals surface area contributed by atoms with Crippen molar-refractivity contribution in [3.8, 4) is 0 Å². The lowest BCUT2D eigenvalue weighted by atomic mass is 10.0. The van der Waals surface area contributed by atoms with Crippen LogP contribution in [0.5, 0.6) is 0 Å². The van der Waals surface area contributed by atoms with Crippen molar-refractivity contribution < 1.29 is 4.79 Å². The molecule has 0 aliphatic rings. The van der Waals surface area contributed by atoms with Gasteiger partial charge >= 0.3 is 0 Å². The molecule has 1 N–H and O–H groups in total. The quantitative estimate of drug-likeness (QED) is 0.742. The van der Waals surface area contributed by atoms with Crippen molar-refractivity contribution in [3.63, 3.8) is 0 Å². The summed E-state index contributed by atoms with van der Waals surface area (Å²) < 4.78 is 0. The lowest BCUT2D eigenvalue weighted by Gasteiger charge is -2.16. The fourth-order valence-electron chi connectivity index (χ4n) is 2.13. The molecule has 1 atom stereocenters. The summed E-state index contributed by atoms with van der Waals surface area (Å²) >= 11 is 11.7. The van der Waals surface area contributed by atoms with Crippen LogP contribution in [0.2, 0.25) is 5.02 Å². The first-order valence-corrected chi connectivity index (χ1v) is 7.60. The van der Waals surface area contributed by atoms with Crippen molar-refractivity contribution in [2.75, 3.05) is 12.4 Å². The Hall–Kier alpha value is -0.730. The van der Waals surface area contributed by atoms with Crippen LogP contribution in [-0.2, 0) is 0 Å². The molecule has 2 nitrogen and oxygen atoms in total. The molecule has 0 saturated heterocycles. The topological polar surface area (TPSA) is 29.1 Å². The van der Waals surface area contributed by atoms with Gasteiger partial charge in [0, 0.05) is 23.0 Å². The van der Waals surface area contributed by atoms with Crippen LogP contribution in [0.15, 0.2) is 18.2 Å². The van der Waals surface area contributed by atoms with Crippen molar-refractivity contribution in [1.82, 2.24) is 5.32 Å². The average Bonchev–Trinajstić information content (AvgIpc) is 2.36. The SMILES string of the molecule is CCCC(CCCl)CNC(=O)c1ccc(Cl)cc1C. The molecule has 0 heterocycles. The van der Waals surface area contributed by atoms with Gasteiger partial charge in [-0.1, -0.05) is 24.9 Å². The predicted molar refractivity (Wildman–Crippen MR) is 82.3 cm³/mol. The number of halogens is 2. The van der Waals surface area contributed by atoms with Crippen molar-refractivity contribution in [1.29, 1.82) is 0 Å². The van der Waals surface area contributed by atoms with Gasteiger partial charge in [-0.2, -0.15) is 0 Å². The van der Waals surface area contributed by atoms with Gasteiger partial charge in [-0.25, -0.2) is 0 Å². The summed E-state index contributed by atoms with van der Waals surface area (Å²) in [4.78, 5) is 12.1. The zero-order valence-electron chi connectivity index (χ0n) is 11.5. The predicted octanol–water partition coefficient (Wildman–Crippen LogP) is 4.42. The van der Waals surface area contributed by atoms with Gasteiger partial charge in [0.25, 0.3) is 5.91 Å². The molecule has 0 fully saturated rings. The number of aryl methyl sites for hydroxylation is 1. The number of rotatable bonds is 7. The zero-order valence-corrected chi connectivity index (χ0v) is 13.0. The number of alkyl halides is 1. The Morgan fingerprint density at radius 3 is 2.68 bits per heavy atom. The maximum atomic E-state index is 12.1. The van der Waals surface area contributed by atoms with Crippen molar-refractivity contribution in [2.45, 2.75) is 33.1 Å². The highest BCUT2D eigenvalue weighted by Gasteiger charge is 2.12. The lowest BCUT2D eigenvalue weighted by molar-refractivity contribution is 0.0945. The normalized spacial score (nSPS) is 12.2. The van der Waals surface area contributed by atoms with Gasteiger partial charge in [0.1, 0.15) is 0 Å². The first-order valence-electron chi connectivity index (χ1n) is 6.68. The highest BCUT2D eigenvalue weighted by molar-refractivity contribution is 6.30. The van der Waals surface area contributed by atoms with Crippen LogP contribution in [0.3, 0.4) is 0 Å². The molecule has 0 bridgehead atoms. The van der Waals surface area contributed by atoms with Crippen LogP contribution >= 0.6 is 23.2 Å². The molecule has 0 aliphatic heterocycles. The minimum Gasteiger partial charge on any atom is -0.352 e. The molecule has 106 valence electrons. The van der Waals surface area contributed by atoms with E-state index < -0.39 is 0 Å². The summed E-state index contributed by atoms with van der Waals surface area (Å²) in [6.45, 7) is 4.72. The smallest absolute Gasteiger partial charge is 0.251 e. The van der Waals surface area contributed by atoms with Gasteiger partial charge in [0.2, 0.25) is 0 Å². The number of carbonyl (C=O) groups excluding carboxylic acids is 1. The van der Waals surface area contributed by atoms with Gasteiger partial charge < -0.3 is 5.32 Å². The molecule has 0 aliphatic carbocycles. The van der Waals surface area contributed by atoms with Gasteiger partial charge in [0.15, 0.2) is 0 Å². The maximum Gasteiger partial charge on any atom is 0.251 e. The monoisotopic (exact) mass is 301 g/mol. The minimum absolute atomic E-state index is 0.0372. The Balaban J connectivity index is 2.58. The van der Waals surface area contributed by atoms with Crippen LogP contribution in [0.4, 0.5) is 0 Å². The van der Waals surface area contributed by atoms with Gasteiger partial charge in [0.05, 0.1) is 0 Å². The summed E-state index contributed by atoms with van der Waals surface area (Å²) in [6.07, 6.45) is 3.14. The molecule has 1 aromatic carbocycles. The Morgan fingerprint density at radius 1 is 1.37 bits per heavy atom. The molecule has 4 heteroatoms. The summed E-state index contributed by atoms with van der Waals surface area (Å²) in [5.74, 6) is 1.06. The third-order valence-corrected chi connectivity index (χ3v) is 3.65. The molecule has 1 aromatic rings. The Labute approximate surface area is 125 Å². The number of nitrogens with one attached hydrogen (secondary N) is 1. The van der Waals surface area contributed by atoms with E-state index in [1.807, 2.05) is 6.92 Å². The number of amides is 1. The molecule has 1 amide bonds. The average molecular weight is 302 g/mol. The van der Waals surface area contributed by atoms with Crippen LogP contribution in [0.25, 0.3) is 0 Å². The molecular weight excluding hydrogens is 281 g/mol. The third kappa shape index (κ3) is 5.42. The van der Waals surface area contributed by atoms with Crippen molar-refractivity contribution in [3.05, 3.63) is 34.3 Å². The molecule has 1 unspecified atom stereocenters. The van der Waals surface area contributed by atoms with E-state index in [4.69, 9.17) is 23.2 Å². The Bertz CT molecular complexity index is 415. The molecule has 0 aromatic heterocycles. The van der Waals surface area contributed by atoms with Crippen LogP contribution in [0.1, 0.15) is 42.1 Å². The van der Waals surface area contributed by atoms with E-state index >= 15 is 0 Å². The summed E-state index contributed by atoms with van der Waals surface area (Å²) in [5, 5.41) is 3.64.